The first-order valence-corrected chi connectivity index (χ1v) is 10.8. The van der Waals surface area contributed by atoms with Crippen LogP contribution < -0.4 is 9.47 Å². The van der Waals surface area contributed by atoms with Crippen molar-refractivity contribution in [1.82, 2.24) is 4.90 Å². The number of ether oxygens (including phenoxy) is 2. The molecule has 2 aromatic rings. The first-order valence-electron chi connectivity index (χ1n) is 9.20. The number of benzene rings is 2. The summed E-state index contributed by atoms with van der Waals surface area (Å²) in [6, 6.07) is 13.2. The first-order chi connectivity index (χ1) is 14.5. The van der Waals surface area contributed by atoms with Crippen LogP contribution in [0, 0.1) is 11.3 Å². The molecule has 1 saturated heterocycles. The van der Waals surface area contributed by atoms with Crippen LogP contribution in [0.1, 0.15) is 23.6 Å². The summed E-state index contributed by atoms with van der Waals surface area (Å²) in [7, 11) is 3.37. The number of likely N-dealkylation sites (N-methyl/N-ethyl adjacent to an activating group) is 1. The van der Waals surface area contributed by atoms with E-state index >= 15 is 0 Å². The van der Waals surface area contributed by atoms with Crippen molar-refractivity contribution in [1.29, 1.82) is 5.26 Å². The van der Waals surface area contributed by atoms with E-state index in [-0.39, 0.29) is 12.5 Å². The minimum absolute atomic E-state index is 0.0943. The van der Waals surface area contributed by atoms with Crippen molar-refractivity contribution in [3.05, 3.63) is 62.5 Å². The number of amides is 1. The van der Waals surface area contributed by atoms with Crippen LogP contribution in [0.2, 0.25) is 0 Å². The minimum atomic E-state index is -0.0943. The number of halogens is 1. The number of nitrogens with zero attached hydrogens (tertiary/aromatic N) is 3. The van der Waals surface area contributed by atoms with E-state index in [1.54, 1.807) is 20.2 Å². The Hall–Kier alpha value is -2.76. The molecule has 0 N–H and O–H groups in total. The number of hydrogen-bond donors (Lipinski definition) is 0. The van der Waals surface area contributed by atoms with Gasteiger partial charge in [-0.15, -0.1) is 0 Å². The number of aliphatic imine (C=N–C) groups is 1. The second-order valence-electron chi connectivity index (χ2n) is 6.30. The van der Waals surface area contributed by atoms with Crippen molar-refractivity contribution < 1.29 is 14.3 Å². The van der Waals surface area contributed by atoms with Crippen LogP contribution >= 0.6 is 27.7 Å². The predicted molar refractivity (Wildman–Crippen MR) is 122 cm³/mol. The van der Waals surface area contributed by atoms with E-state index < -0.39 is 0 Å². The summed E-state index contributed by atoms with van der Waals surface area (Å²) >= 11 is 4.89. The van der Waals surface area contributed by atoms with Gasteiger partial charge in [0.2, 0.25) is 0 Å². The Bertz CT molecular complexity index is 1080. The summed E-state index contributed by atoms with van der Waals surface area (Å²) in [4.78, 5) is 18.7. The molecule has 0 saturated carbocycles. The lowest BCUT2D eigenvalue weighted by molar-refractivity contribution is -0.121. The highest BCUT2D eigenvalue weighted by molar-refractivity contribution is 9.10. The number of hydrogen-bond acceptors (Lipinski definition) is 6. The van der Waals surface area contributed by atoms with Gasteiger partial charge >= 0.3 is 0 Å². The van der Waals surface area contributed by atoms with Gasteiger partial charge in [0.05, 0.1) is 27.6 Å². The van der Waals surface area contributed by atoms with Crippen LogP contribution in [-0.2, 0) is 11.4 Å². The number of rotatable bonds is 6. The molecule has 2 aromatic carbocycles. The van der Waals surface area contributed by atoms with Gasteiger partial charge in [-0.1, -0.05) is 18.2 Å². The fourth-order valence-electron chi connectivity index (χ4n) is 2.88. The highest BCUT2D eigenvalue weighted by atomic mass is 79.9. The zero-order valence-corrected chi connectivity index (χ0v) is 19.2. The van der Waals surface area contributed by atoms with E-state index in [1.165, 1.54) is 16.7 Å². The molecule has 8 heteroatoms. The fourth-order valence-corrected chi connectivity index (χ4v) is 4.38. The molecule has 1 aliphatic heterocycles. The topological polar surface area (TPSA) is 74.9 Å². The third-order valence-electron chi connectivity index (χ3n) is 4.33. The largest absolute Gasteiger partial charge is 0.490 e. The molecule has 1 amide bonds. The third kappa shape index (κ3) is 4.69. The summed E-state index contributed by atoms with van der Waals surface area (Å²) in [5.41, 5.74) is 2.17. The van der Waals surface area contributed by atoms with Crippen LogP contribution in [0.5, 0.6) is 11.5 Å². The van der Waals surface area contributed by atoms with Crippen molar-refractivity contribution in [2.24, 2.45) is 4.99 Å². The van der Waals surface area contributed by atoms with Crippen molar-refractivity contribution in [3.8, 4) is 17.6 Å². The van der Waals surface area contributed by atoms with E-state index in [2.05, 4.69) is 27.0 Å². The lowest BCUT2D eigenvalue weighted by Gasteiger charge is -2.15. The molecule has 1 heterocycles. The van der Waals surface area contributed by atoms with E-state index in [1.807, 2.05) is 43.3 Å². The maximum atomic E-state index is 12.4. The SMILES string of the molecule is CCOc1cc(/C=C2/SC(=NC)N(C)C2=O)cc(Br)c1OCc1ccccc1C#N. The normalized spacial score (nSPS) is 16.2. The second kappa shape index (κ2) is 9.83. The Morgan fingerprint density at radius 2 is 2.07 bits per heavy atom. The smallest absolute Gasteiger partial charge is 0.266 e. The lowest BCUT2D eigenvalue weighted by atomic mass is 10.1. The summed E-state index contributed by atoms with van der Waals surface area (Å²) in [5.74, 6) is 1.01. The van der Waals surface area contributed by atoms with E-state index in [0.29, 0.717) is 38.2 Å². The van der Waals surface area contributed by atoms with Gasteiger partial charge in [0.15, 0.2) is 16.7 Å². The molecule has 0 bridgehead atoms. The number of carbonyl (C=O) groups is 1. The van der Waals surface area contributed by atoms with Gasteiger partial charge in [-0.05, 0) is 64.5 Å². The fraction of sp³-hybridized carbons (Fsp3) is 0.227. The molecule has 0 aromatic heterocycles. The molecule has 154 valence electrons. The molecule has 0 spiro atoms. The Kier molecular flexibility index (Phi) is 7.19. The second-order valence-corrected chi connectivity index (χ2v) is 8.17. The van der Waals surface area contributed by atoms with E-state index in [9.17, 15) is 10.1 Å². The van der Waals surface area contributed by atoms with Crippen molar-refractivity contribution >= 4 is 44.8 Å². The molecular weight excluding hydrogens is 466 g/mol. The van der Waals surface area contributed by atoms with Crippen molar-refractivity contribution in [2.45, 2.75) is 13.5 Å². The highest BCUT2D eigenvalue weighted by Gasteiger charge is 2.29. The molecule has 0 aliphatic carbocycles. The van der Waals surface area contributed by atoms with Crippen LogP contribution in [0.3, 0.4) is 0 Å². The molecule has 1 aliphatic rings. The Morgan fingerprint density at radius 1 is 1.30 bits per heavy atom. The van der Waals surface area contributed by atoms with E-state index in [4.69, 9.17) is 9.47 Å². The van der Waals surface area contributed by atoms with Crippen molar-refractivity contribution in [2.75, 3.05) is 20.7 Å². The summed E-state index contributed by atoms with van der Waals surface area (Å²) in [6.07, 6.45) is 1.81. The average Bonchev–Trinajstić information content (AvgIpc) is 3.01. The van der Waals surface area contributed by atoms with E-state index in [0.717, 1.165) is 11.1 Å². The number of nitriles is 1. The third-order valence-corrected chi connectivity index (χ3v) is 6.07. The van der Waals surface area contributed by atoms with Gasteiger partial charge < -0.3 is 9.47 Å². The van der Waals surface area contributed by atoms with Crippen LogP contribution in [0.25, 0.3) is 6.08 Å². The van der Waals surface area contributed by atoms with Crippen molar-refractivity contribution in [3.63, 3.8) is 0 Å². The summed E-state index contributed by atoms with van der Waals surface area (Å²) in [5, 5.41) is 9.93. The molecule has 0 radical (unpaired) electrons. The number of amidine groups is 1. The van der Waals surface area contributed by atoms with Gasteiger partial charge in [-0.2, -0.15) is 5.26 Å². The minimum Gasteiger partial charge on any atom is -0.490 e. The summed E-state index contributed by atoms with van der Waals surface area (Å²) < 4.78 is 12.5. The van der Waals surface area contributed by atoms with Gasteiger partial charge in [0, 0.05) is 19.7 Å². The van der Waals surface area contributed by atoms with Gasteiger partial charge in [-0.3, -0.25) is 14.7 Å². The monoisotopic (exact) mass is 485 g/mol. The highest BCUT2D eigenvalue weighted by Crippen LogP contribution is 2.39. The van der Waals surface area contributed by atoms with Gasteiger partial charge in [0.1, 0.15) is 6.61 Å². The molecule has 0 unspecified atom stereocenters. The van der Waals surface area contributed by atoms with Gasteiger partial charge in [-0.25, -0.2) is 0 Å². The Morgan fingerprint density at radius 3 is 2.73 bits per heavy atom. The lowest BCUT2D eigenvalue weighted by Crippen LogP contribution is -2.23. The van der Waals surface area contributed by atoms with Crippen LogP contribution in [0.15, 0.2) is 50.8 Å². The number of thioether (sulfide) groups is 1. The predicted octanol–water partition coefficient (Wildman–Crippen LogP) is 4.83. The maximum Gasteiger partial charge on any atom is 0.266 e. The quantitative estimate of drug-likeness (QED) is 0.547. The average molecular weight is 486 g/mol. The number of carbonyl (C=O) groups excluding carboxylic acids is 1. The maximum absolute atomic E-state index is 12.4. The molecule has 6 nitrogen and oxygen atoms in total. The van der Waals surface area contributed by atoms with Crippen LogP contribution in [0.4, 0.5) is 0 Å². The Labute approximate surface area is 188 Å². The molecule has 3 rings (SSSR count). The van der Waals surface area contributed by atoms with Crippen LogP contribution in [-0.4, -0.2) is 36.7 Å². The van der Waals surface area contributed by atoms with Gasteiger partial charge in [0.25, 0.3) is 5.91 Å². The molecule has 30 heavy (non-hydrogen) atoms. The Balaban J connectivity index is 1.90. The molecule has 1 fully saturated rings. The first kappa shape index (κ1) is 21.9. The summed E-state index contributed by atoms with van der Waals surface area (Å²) in [6.45, 7) is 2.59. The standard InChI is InChI=1S/C22H20BrN3O3S/c1-4-28-18-10-14(11-19-21(27)26(3)22(25-2)30-19)9-17(23)20(18)29-13-16-8-6-5-7-15(16)12-24/h5-11H,4,13H2,1-3H3/b19-11+,25-22?. The molecule has 0 atom stereocenters. The zero-order valence-electron chi connectivity index (χ0n) is 16.8. The zero-order chi connectivity index (χ0) is 21.7. The molecular formula is C22H20BrN3O3S.